The minimum absolute atomic E-state index is 0.223. The van der Waals surface area contributed by atoms with Crippen molar-refractivity contribution >= 4 is 6.09 Å². The van der Waals surface area contributed by atoms with E-state index in [1.807, 2.05) is 74.5 Å². The summed E-state index contributed by atoms with van der Waals surface area (Å²) in [5, 5.41) is 2.89. The third kappa shape index (κ3) is 4.94. The minimum atomic E-state index is -0.603. The van der Waals surface area contributed by atoms with Gasteiger partial charge in [0.1, 0.15) is 12.4 Å². The standard InChI is InChI=1S/C23H22FNO2/c1-23(2,25-22(26)27-16-17-7-4-3-5-8-17)20-13-11-18(12-14-20)19-9-6-10-21(24)15-19/h3-15H,16H2,1-2H3,(H,25,26). The highest BCUT2D eigenvalue weighted by Crippen LogP contribution is 2.25. The number of carbonyl (C=O) groups is 1. The van der Waals surface area contributed by atoms with E-state index in [9.17, 15) is 9.18 Å². The van der Waals surface area contributed by atoms with Gasteiger partial charge in [0, 0.05) is 0 Å². The van der Waals surface area contributed by atoms with Crippen LogP contribution in [-0.2, 0) is 16.9 Å². The van der Waals surface area contributed by atoms with E-state index in [2.05, 4.69) is 5.32 Å². The first-order chi connectivity index (χ1) is 12.9. The number of carbonyl (C=O) groups excluding carboxylic acids is 1. The number of benzene rings is 3. The van der Waals surface area contributed by atoms with Gasteiger partial charge >= 0.3 is 6.09 Å². The zero-order valence-corrected chi connectivity index (χ0v) is 15.4. The second-order valence-corrected chi connectivity index (χ2v) is 6.90. The summed E-state index contributed by atoms with van der Waals surface area (Å²) in [5.74, 6) is -0.264. The predicted octanol–water partition coefficient (Wildman–Crippen LogP) is 5.65. The maximum atomic E-state index is 13.4. The van der Waals surface area contributed by atoms with Gasteiger partial charge in [-0.1, -0.05) is 66.7 Å². The molecule has 3 aromatic carbocycles. The average molecular weight is 363 g/mol. The van der Waals surface area contributed by atoms with E-state index < -0.39 is 11.6 Å². The number of ether oxygens (including phenoxy) is 1. The highest BCUT2D eigenvalue weighted by Gasteiger charge is 2.23. The zero-order chi connectivity index (χ0) is 19.3. The highest BCUT2D eigenvalue weighted by molar-refractivity contribution is 5.69. The van der Waals surface area contributed by atoms with Crippen molar-refractivity contribution in [2.24, 2.45) is 0 Å². The van der Waals surface area contributed by atoms with E-state index in [1.54, 1.807) is 6.07 Å². The van der Waals surface area contributed by atoms with Crippen molar-refractivity contribution in [1.29, 1.82) is 0 Å². The fourth-order valence-electron chi connectivity index (χ4n) is 2.83. The van der Waals surface area contributed by atoms with E-state index >= 15 is 0 Å². The van der Waals surface area contributed by atoms with Crippen LogP contribution in [0.15, 0.2) is 78.9 Å². The number of halogens is 1. The van der Waals surface area contributed by atoms with Crippen molar-refractivity contribution in [3.8, 4) is 11.1 Å². The minimum Gasteiger partial charge on any atom is -0.445 e. The number of nitrogens with one attached hydrogen (secondary N) is 1. The van der Waals surface area contributed by atoms with Crippen molar-refractivity contribution < 1.29 is 13.9 Å². The van der Waals surface area contributed by atoms with E-state index in [4.69, 9.17) is 4.74 Å². The second kappa shape index (κ2) is 8.04. The normalized spacial score (nSPS) is 11.1. The summed E-state index contributed by atoms with van der Waals surface area (Å²) in [4.78, 5) is 12.2. The van der Waals surface area contributed by atoms with Crippen LogP contribution in [0.25, 0.3) is 11.1 Å². The van der Waals surface area contributed by atoms with Crippen LogP contribution in [-0.4, -0.2) is 6.09 Å². The molecular weight excluding hydrogens is 341 g/mol. The first-order valence-electron chi connectivity index (χ1n) is 8.79. The van der Waals surface area contributed by atoms with E-state index in [1.165, 1.54) is 12.1 Å². The number of hydrogen-bond acceptors (Lipinski definition) is 2. The van der Waals surface area contributed by atoms with Crippen molar-refractivity contribution in [2.45, 2.75) is 26.0 Å². The maximum Gasteiger partial charge on any atom is 0.408 e. The molecular formula is C23H22FNO2. The predicted molar refractivity (Wildman–Crippen MR) is 105 cm³/mol. The molecule has 0 saturated carbocycles. The largest absolute Gasteiger partial charge is 0.445 e. The molecule has 4 heteroatoms. The Labute approximate surface area is 158 Å². The Morgan fingerprint density at radius 1 is 0.926 bits per heavy atom. The monoisotopic (exact) mass is 363 g/mol. The Morgan fingerprint density at radius 3 is 2.30 bits per heavy atom. The molecule has 3 rings (SSSR count). The first-order valence-corrected chi connectivity index (χ1v) is 8.79. The van der Waals surface area contributed by atoms with Gasteiger partial charge in [-0.2, -0.15) is 0 Å². The fraction of sp³-hybridized carbons (Fsp3) is 0.174. The van der Waals surface area contributed by atoms with Crippen molar-refractivity contribution in [1.82, 2.24) is 5.32 Å². The van der Waals surface area contributed by atoms with Gasteiger partial charge in [0.15, 0.2) is 0 Å². The van der Waals surface area contributed by atoms with Crippen molar-refractivity contribution in [3.63, 3.8) is 0 Å². The van der Waals surface area contributed by atoms with E-state index in [0.29, 0.717) is 0 Å². The summed E-state index contributed by atoms with van der Waals surface area (Å²) in [6.07, 6.45) is -0.474. The summed E-state index contributed by atoms with van der Waals surface area (Å²) in [7, 11) is 0. The van der Waals surface area contributed by atoms with Gasteiger partial charge in [-0.3, -0.25) is 0 Å². The van der Waals surface area contributed by atoms with Crippen LogP contribution < -0.4 is 5.32 Å². The van der Waals surface area contributed by atoms with Crippen molar-refractivity contribution in [3.05, 3.63) is 95.8 Å². The number of hydrogen-bond donors (Lipinski definition) is 1. The molecule has 0 aliphatic rings. The third-order valence-electron chi connectivity index (χ3n) is 4.39. The lowest BCUT2D eigenvalue weighted by Crippen LogP contribution is -2.41. The van der Waals surface area contributed by atoms with Crippen LogP contribution in [0.4, 0.5) is 9.18 Å². The lowest BCUT2D eigenvalue weighted by Gasteiger charge is -2.26. The molecule has 1 amide bonds. The van der Waals surface area contributed by atoms with E-state index in [0.717, 1.165) is 22.3 Å². The fourth-order valence-corrected chi connectivity index (χ4v) is 2.83. The molecule has 0 aromatic heterocycles. The zero-order valence-electron chi connectivity index (χ0n) is 15.4. The smallest absolute Gasteiger partial charge is 0.408 e. The molecule has 3 aromatic rings. The number of alkyl carbamates (subject to hydrolysis) is 1. The highest BCUT2D eigenvalue weighted by atomic mass is 19.1. The van der Waals surface area contributed by atoms with Crippen LogP contribution in [0.5, 0.6) is 0 Å². The summed E-state index contributed by atoms with van der Waals surface area (Å²) in [5.41, 5.74) is 2.99. The molecule has 0 heterocycles. The Hall–Kier alpha value is -3.14. The molecule has 0 radical (unpaired) electrons. The topological polar surface area (TPSA) is 38.3 Å². The quantitative estimate of drug-likeness (QED) is 0.636. The molecule has 3 nitrogen and oxygen atoms in total. The SMILES string of the molecule is CC(C)(NC(=O)OCc1ccccc1)c1ccc(-c2cccc(F)c2)cc1. The molecule has 0 unspecified atom stereocenters. The van der Waals surface area contributed by atoms with Crippen LogP contribution in [0.1, 0.15) is 25.0 Å². The molecule has 0 atom stereocenters. The van der Waals surface area contributed by atoms with Gasteiger partial charge in [0.05, 0.1) is 5.54 Å². The molecule has 0 aliphatic carbocycles. The van der Waals surface area contributed by atoms with Gasteiger partial charge in [0.25, 0.3) is 0 Å². The lowest BCUT2D eigenvalue weighted by atomic mass is 9.92. The second-order valence-electron chi connectivity index (χ2n) is 6.90. The first kappa shape index (κ1) is 18.6. The number of amides is 1. The molecule has 1 N–H and O–H groups in total. The Bertz CT molecular complexity index is 905. The van der Waals surface area contributed by atoms with Crippen LogP contribution in [0.2, 0.25) is 0 Å². The molecule has 0 spiro atoms. The Kier molecular flexibility index (Phi) is 5.55. The van der Waals surface area contributed by atoms with Crippen molar-refractivity contribution in [2.75, 3.05) is 0 Å². The Balaban J connectivity index is 1.64. The van der Waals surface area contributed by atoms with E-state index in [-0.39, 0.29) is 12.4 Å². The lowest BCUT2D eigenvalue weighted by molar-refractivity contribution is 0.129. The van der Waals surface area contributed by atoms with Gasteiger partial charge in [-0.05, 0) is 48.2 Å². The summed E-state index contributed by atoms with van der Waals surface area (Å²) in [6, 6.07) is 23.7. The molecule has 0 fully saturated rings. The van der Waals surface area contributed by atoms with Crippen LogP contribution in [0, 0.1) is 5.82 Å². The average Bonchev–Trinajstić information content (AvgIpc) is 2.67. The van der Waals surface area contributed by atoms with Crippen LogP contribution in [0.3, 0.4) is 0 Å². The van der Waals surface area contributed by atoms with Gasteiger partial charge in [0.2, 0.25) is 0 Å². The summed E-state index contributed by atoms with van der Waals surface area (Å²) < 4.78 is 18.7. The third-order valence-corrected chi connectivity index (χ3v) is 4.39. The molecule has 0 aliphatic heterocycles. The van der Waals surface area contributed by atoms with Gasteiger partial charge < -0.3 is 10.1 Å². The molecule has 138 valence electrons. The summed E-state index contributed by atoms with van der Waals surface area (Å²) >= 11 is 0. The number of rotatable bonds is 5. The molecule has 0 bridgehead atoms. The Morgan fingerprint density at radius 2 is 1.63 bits per heavy atom. The summed E-state index contributed by atoms with van der Waals surface area (Å²) in [6.45, 7) is 4.04. The van der Waals surface area contributed by atoms with Gasteiger partial charge in [-0.15, -0.1) is 0 Å². The molecule has 27 heavy (non-hydrogen) atoms. The molecule has 0 saturated heterocycles. The maximum absolute atomic E-state index is 13.4. The van der Waals surface area contributed by atoms with Crippen LogP contribution >= 0.6 is 0 Å². The van der Waals surface area contributed by atoms with Gasteiger partial charge in [-0.25, -0.2) is 9.18 Å².